The van der Waals surface area contributed by atoms with Crippen LogP contribution < -0.4 is 5.32 Å². The Labute approximate surface area is 113 Å². The van der Waals surface area contributed by atoms with Crippen LogP contribution in [0.4, 0.5) is 14.6 Å². The Bertz CT molecular complexity index is 748. The average molecular weight is 275 g/mol. The molecule has 0 unspecified atom stereocenters. The minimum Gasteiger partial charge on any atom is -0.363 e. The number of fused-ring (bicyclic) bond motifs is 1. The molecule has 0 saturated heterocycles. The number of nitrogens with one attached hydrogen (secondary N) is 1. The maximum Gasteiger partial charge on any atom is 0.203 e. The summed E-state index contributed by atoms with van der Waals surface area (Å²) in [7, 11) is 0. The largest absolute Gasteiger partial charge is 0.363 e. The van der Waals surface area contributed by atoms with E-state index in [0.29, 0.717) is 17.3 Å². The van der Waals surface area contributed by atoms with Crippen molar-refractivity contribution in [2.75, 3.05) is 5.32 Å². The van der Waals surface area contributed by atoms with Gasteiger partial charge in [0.25, 0.3) is 0 Å². The Balaban J connectivity index is 1.91. The van der Waals surface area contributed by atoms with Crippen molar-refractivity contribution in [3.05, 3.63) is 53.6 Å². The minimum atomic E-state index is -0.595. The fourth-order valence-corrected chi connectivity index (χ4v) is 1.94. The smallest absolute Gasteiger partial charge is 0.203 e. The highest BCUT2D eigenvalue weighted by Gasteiger charge is 2.11. The summed E-state index contributed by atoms with van der Waals surface area (Å²) in [5.41, 5.74) is 0.481. The molecule has 0 fully saturated rings. The predicted molar refractivity (Wildman–Crippen MR) is 69.2 cm³/mol. The van der Waals surface area contributed by atoms with Crippen LogP contribution in [0.25, 0.3) is 5.65 Å². The third-order valence-electron chi connectivity index (χ3n) is 2.99. The van der Waals surface area contributed by atoms with Gasteiger partial charge in [-0.05, 0) is 19.1 Å². The number of benzene rings is 1. The zero-order chi connectivity index (χ0) is 14.1. The lowest BCUT2D eigenvalue weighted by Gasteiger charge is -2.08. The Morgan fingerprint density at radius 1 is 1.20 bits per heavy atom. The molecule has 3 rings (SSSR count). The van der Waals surface area contributed by atoms with E-state index in [0.717, 1.165) is 0 Å². The first-order valence-corrected chi connectivity index (χ1v) is 6.00. The fraction of sp³-hybridized carbons (Fsp3) is 0.154. The van der Waals surface area contributed by atoms with Gasteiger partial charge in [-0.1, -0.05) is 6.07 Å². The molecule has 1 aromatic carbocycles. The second-order valence-electron chi connectivity index (χ2n) is 4.27. The molecular formula is C13H11F2N5. The molecule has 0 amide bonds. The molecule has 20 heavy (non-hydrogen) atoms. The quantitative estimate of drug-likeness (QED) is 0.797. The van der Waals surface area contributed by atoms with E-state index in [4.69, 9.17) is 0 Å². The Hall–Kier alpha value is -2.57. The van der Waals surface area contributed by atoms with Crippen LogP contribution in [0.3, 0.4) is 0 Å². The van der Waals surface area contributed by atoms with Gasteiger partial charge in [0.2, 0.25) is 5.65 Å². The number of anilines is 1. The molecule has 5 nitrogen and oxygen atoms in total. The second kappa shape index (κ2) is 4.84. The molecule has 0 aliphatic heterocycles. The highest BCUT2D eigenvalue weighted by atomic mass is 19.1. The van der Waals surface area contributed by atoms with Crippen LogP contribution in [-0.4, -0.2) is 19.6 Å². The second-order valence-corrected chi connectivity index (χ2v) is 4.27. The fourth-order valence-electron chi connectivity index (χ4n) is 1.94. The molecule has 0 aliphatic rings. The van der Waals surface area contributed by atoms with Gasteiger partial charge in [-0.3, -0.25) is 4.40 Å². The average Bonchev–Trinajstić information content (AvgIpc) is 2.81. The zero-order valence-electron chi connectivity index (χ0n) is 10.6. The van der Waals surface area contributed by atoms with Crippen molar-refractivity contribution in [3.63, 3.8) is 0 Å². The van der Waals surface area contributed by atoms with Crippen LogP contribution >= 0.6 is 0 Å². The third-order valence-corrected chi connectivity index (χ3v) is 2.99. The van der Waals surface area contributed by atoms with E-state index >= 15 is 0 Å². The van der Waals surface area contributed by atoms with Gasteiger partial charge in [0.15, 0.2) is 5.82 Å². The number of hydrogen-bond donors (Lipinski definition) is 1. The molecule has 0 radical (unpaired) electrons. The molecule has 102 valence electrons. The van der Waals surface area contributed by atoms with Crippen molar-refractivity contribution < 1.29 is 8.78 Å². The number of hydrogen-bond acceptors (Lipinski definition) is 4. The third kappa shape index (κ3) is 2.07. The van der Waals surface area contributed by atoms with E-state index in [1.54, 1.807) is 23.7 Å². The molecule has 2 aromatic heterocycles. The van der Waals surface area contributed by atoms with Crippen LogP contribution in [0, 0.1) is 18.6 Å². The van der Waals surface area contributed by atoms with Crippen molar-refractivity contribution in [1.82, 2.24) is 19.6 Å². The number of aromatic nitrogens is 4. The number of nitrogens with zero attached hydrogens (tertiary/aromatic N) is 4. The van der Waals surface area contributed by atoms with Crippen LogP contribution in [-0.2, 0) is 6.54 Å². The van der Waals surface area contributed by atoms with Gasteiger partial charge in [-0.25, -0.2) is 13.8 Å². The molecule has 0 spiro atoms. The topological polar surface area (TPSA) is 55.1 Å². The monoisotopic (exact) mass is 275 g/mol. The van der Waals surface area contributed by atoms with Gasteiger partial charge in [0.1, 0.15) is 17.5 Å². The number of halogens is 2. The molecular weight excluding hydrogens is 264 g/mol. The first kappa shape index (κ1) is 12.5. The summed E-state index contributed by atoms with van der Waals surface area (Å²) < 4.78 is 28.8. The van der Waals surface area contributed by atoms with Crippen LogP contribution in [0.1, 0.15) is 11.4 Å². The van der Waals surface area contributed by atoms with Crippen molar-refractivity contribution in [3.8, 4) is 0 Å². The summed E-state index contributed by atoms with van der Waals surface area (Å²) in [6, 6.07) is 3.76. The lowest BCUT2D eigenvalue weighted by molar-refractivity contribution is 0.560. The molecule has 0 atom stereocenters. The van der Waals surface area contributed by atoms with Crippen molar-refractivity contribution in [1.29, 1.82) is 0 Å². The zero-order valence-corrected chi connectivity index (χ0v) is 10.6. The summed E-state index contributed by atoms with van der Waals surface area (Å²) in [4.78, 5) is 4.12. The van der Waals surface area contributed by atoms with Gasteiger partial charge in [-0.2, -0.15) is 0 Å². The van der Waals surface area contributed by atoms with Gasteiger partial charge >= 0.3 is 0 Å². The van der Waals surface area contributed by atoms with Crippen LogP contribution in [0.15, 0.2) is 30.6 Å². The van der Waals surface area contributed by atoms with Crippen molar-refractivity contribution >= 4 is 11.5 Å². The molecule has 2 heterocycles. The summed E-state index contributed by atoms with van der Waals surface area (Å²) in [5, 5.41) is 10.8. The van der Waals surface area contributed by atoms with Gasteiger partial charge < -0.3 is 5.32 Å². The normalized spacial score (nSPS) is 10.9. The summed E-state index contributed by atoms with van der Waals surface area (Å²) in [6.45, 7) is 1.79. The highest BCUT2D eigenvalue weighted by molar-refractivity contribution is 5.62. The molecule has 3 aromatic rings. The Morgan fingerprint density at radius 2 is 1.95 bits per heavy atom. The van der Waals surface area contributed by atoms with Crippen LogP contribution in [0.2, 0.25) is 0 Å². The summed E-state index contributed by atoms with van der Waals surface area (Å²) in [5.74, 6) is -0.0533. The van der Waals surface area contributed by atoms with E-state index < -0.39 is 11.6 Å². The van der Waals surface area contributed by atoms with Crippen LogP contribution in [0.5, 0.6) is 0 Å². The summed E-state index contributed by atoms with van der Waals surface area (Å²) >= 11 is 0. The van der Waals surface area contributed by atoms with Gasteiger partial charge in [-0.15, -0.1) is 10.2 Å². The summed E-state index contributed by atoms with van der Waals surface area (Å²) in [6.07, 6.45) is 3.29. The number of aryl methyl sites for hydroxylation is 1. The predicted octanol–water partition coefficient (Wildman–Crippen LogP) is 2.32. The Morgan fingerprint density at radius 3 is 2.70 bits per heavy atom. The number of rotatable bonds is 3. The van der Waals surface area contributed by atoms with Gasteiger partial charge in [0, 0.05) is 24.5 Å². The van der Waals surface area contributed by atoms with E-state index in [9.17, 15) is 8.78 Å². The Kier molecular flexibility index (Phi) is 3.02. The molecule has 0 saturated carbocycles. The molecule has 0 aliphatic carbocycles. The lowest BCUT2D eigenvalue weighted by atomic mass is 10.2. The van der Waals surface area contributed by atoms with Crippen molar-refractivity contribution in [2.45, 2.75) is 13.5 Å². The maximum atomic E-state index is 13.5. The minimum absolute atomic E-state index is 0.0168. The lowest BCUT2D eigenvalue weighted by Crippen LogP contribution is -2.07. The standard InChI is InChI=1S/C13H11F2N5/c1-8-18-19-13-12(16-5-6-20(8)13)17-7-9-10(14)3-2-4-11(9)15/h2-6H,7H2,1H3,(H,16,17). The van der Waals surface area contributed by atoms with Gasteiger partial charge in [0.05, 0.1) is 0 Å². The molecule has 7 heteroatoms. The first-order chi connectivity index (χ1) is 9.66. The molecule has 1 N–H and O–H groups in total. The SMILES string of the molecule is Cc1nnc2c(NCc3c(F)cccc3F)nccn12. The van der Waals surface area contributed by atoms with E-state index in [1.807, 2.05) is 0 Å². The first-order valence-electron chi connectivity index (χ1n) is 6.00. The highest BCUT2D eigenvalue weighted by Crippen LogP contribution is 2.16. The van der Waals surface area contributed by atoms with E-state index in [-0.39, 0.29) is 12.1 Å². The maximum absolute atomic E-state index is 13.5. The van der Waals surface area contributed by atoms with E-state index in [1.165, 1.54) is 18.2 Å². The molecule has 0 bridgehead atoms. The van der Waals surface area contributed by atoms with Crippen molar-refractivity contribution in [2.24, 2.45) is 0 Å². The van der Waals surface area contributed by atoms with E-state index in [2.05, 4.69) is 20.5 Å².